The molecular formula is C29H26FN7O4. The molecule has 1 fully saturated rings. The second kappa shape index (κ2) is 11.1. The van der Waals surface area contributed by atoms with Crippen molar-refractivity contribution in [2.45, 2.75) is 12.6 Å². The van der Waals surface area contributed by atoms with Crippen LogP contribution in [0.4, 0.5) is 15.1 Å². The summed E-state index contributed by atoms with van der Waals surface area (Å²) in [5.41, 5.74) is 2.39. The summed E-state index contributed by atoms with van der Waals surface area (Å²) in [7, 11) is 1.58. The monoisotopic (exact) mass is 555 g/mol. The van der Waals surface area contributed by atoms with Gasteiger partial charge in [-0.05, 0) is 48.0 Å². The van der Waals surface area contributed by atoms with Crippen molar-refractivity contribution in [3.8, 4) is 17.1 Å². The van der Waals surface area contributed by atoms with Gasteiger partial charge in [-0.3, -0.25) is 4.79 Å². The Balaban J connectivity index is 1.32. The predicted molar refractivity (Wildman–Crippen MR) is 149 cm³/mol. The van der Waals surface area contributed by atoms with Crippen LogP contribution in [-0.4, -0.2) is 69.3 Å². The topological polar surface area (TPSA) is 123 Å². The first kappa shape index (κ1) is 26.0. The molecule has 3 heterocycles. The summed E-state index contributed by atoms with van der Waals surface area (Å²) in [6.07, 6.45) is -0.535. The Bertz CT molecular complexity index is 1730. The SMILES string of the molecule is COc1ccc(-c2nc3c4cc(F)ccc4nc(N[C@@H]4CN(C(=O)OCc5ccccc5)CCNC4=O)n3n2)cc1. The number of benzene rings is 3. The number of carbonyl (C=O) groups is 2. The lowest BCUT2D eigenvalue weighted by Gasteiger charge is -2.23. The van der Waals surface area contributed by atoms with E-state index in [1.807, 2.05) is 42.5 Å². The fourth-order valence-electron chi connectivity index (χ4n) is 4.61. The summed E-state index contributed by atoms with van der Waals surface area (Å²) in [4.78, 5) is 36.7. The van der Waals surface area contributed by atoms with E-state index in [2.05, 4.69) is 25.7 Å². The number of nitrogens with one attached hydrogen (secondary N) is 2. The van der Waals surface area contributed by atoms with Crippen molar-refractivity contribution in [2.24, 2.45) is 0 Å². The van der Waals surface area contributed by atoms with E-state index in [1.165, 1.54) is 27.6 Å². The number of fused-ring (bicyclic) bond motifs is 3. The maximum atomic E-state index is 14.2. The van der Waals surface area contributed by atoms with E-state index in [0.717, 1.165) is 5.56 Å². The number of aromatic nitrogens is 4. The number of methoxy groups -OCH3 is 1. The largest absolute Gasteiger partial charge is 0.497 e. The van der Waals surface area contributed by atoms with Gasteiger partial charge < -0.3 is 25.0 Å². The number of anilines is 1. The lowest BCUT2D eigenvalue weighted by molar-refractivity contribution is -0.121. The molecule has 11 nitrogen and oxygen atoms in total. The molecule has 5 aromatic rings. The lowest BCUT2D eigenvalue weighted by Crippen LogP contribution is -2.44. The van der Waals surface area contributed by atoms with Gasteiger partial charge in [0.2, 0.25) is 11.9 Å². The second-order valence-electron chi connectivity index (χ2n) is 9.47. The van der Waals surface area contributed by atoms with Crippen LogP contribution < -0.4 is 15.4 Å². The molecule has 0 saturated carbocycles. The van der Waals surface area contributed by atoms with Gasteiger partial charge in [-0.25, -0.2) is 19.2 Å². The van der Waals surface area contributed by atoms with E-state index in [-0.39, 0.29) is 38.1 Å². The van der Waals surface area contributed by atoms with E-state index in [9.17, 15) is 14.0 Å². The molecular weight excluding hydrogens is 529 g/mol. The highest BCUT2D eigenvalue weighted by molar-refractivity contribution is 5.93. The molecule has 0 unspecified atom stereocenters. The Morgan fingerprint density at radius 2 is 1.90 bits per heavy atom. The first-order chi connectivity index (χ1) is 20.0. The molecule has 1 saturated heterocycles. The van der Waals surface area contributed by atoms with Crippen LogP contribution in [-0.2, 0) is 16.1 Å². The van der Waals surface area contributed by atoms with Crippen molar-refractivity contribution in [3.63, 3.8) is 0 Å². The number of hydrogen-bond acceptors (Lipinski definition) is 8. The van der Waals surface area contributed by atoms with Crippen LogP contribution in [0.2, 0.25) is 0 Å². The molecule has 0 aliphatic carbocycles. The Labute approximate surface area is 233 Å². The molecule has 2 amide bonds. The zero-order valence-corrected chi connectivity index (χ0v) is 22.1. The molecule has 12 heteroatoms. The smallest absolute Gasteiger partial charge is 0.410 e. The molecule has 1 aliphatic heterocycles. The zero-order valence-electron chi connectivity index (χ0n) is 22.1. The normalized spacial score (nSPS) is 15.4. The van der Waals surface area contributed by atoms with Crippen LogP contribution in [0, 0.1) is 5.82 Å². The Morgan fingerprint density at radius 3 is 2.68 bits per heavy atom. The van der Waals surface area contributed by atoms with Crippen molar-refractivity contribution >= 4 is 34.5 Å². The third-order valence-corrected chi connectivity index (χ3v) is 6.75. The second-order valence-corrected chi connectivity index (χ2v) is 9.47. The van der Waals surface area contributed by atoms with Gasteiger partial charge in [-0.15, -0.1) is 5.10 Å². The maximum Gasteiger partial charge on any atom is 0.410 e. The fourth-order valence-corrected chi connectivity index (χ4v) is 4.61. The fraction of sp³-hybridized carbons (Fsp3) is 0.207. The lowest BCUT2D eigenvalue weighted by atomic mass is 10.2. The van der Waals surface area contributed by atoms with Crippen LogP contribution in [0.25, 0.3) is 27.9 Å². The van der Waals surface area contributed by atoms with E-state index in [4.69, 9.17) is 9.47 Å². The Hall–Kier alpha value is -5.26. The number of hydrogen-bond donors (Lipinski definition) is 2. The van der Waals surface area contributed by atoms with Crippen LogP contribution in [0.5, 0.6) is 5.75 Å². The van der Waals surface area contributed by atoms with Crippen LogP contribution in [0.1, 0.15) is 5.56 Å². The molecule has 208 valence electrons. The number of nitrogens with zero attached hydrogens (tertiary/aromatic N) is 5. The summed E-state index contributed by atoms with van der Waals surface area (Å²) < 4.78 is 26.4. The van der Waals surface area contributed by atoms with Gasteiger partial charge in [-0.2, -0.15) is 4.52 Å². The minimum Gasteiger partial charge on any atom is -0.497 e. The van der Waals surface area contributed by atoms with Crippen molar-refractivity contribution < 1.29 is 23.5 Å². The highest BCUT2D eigenvalue weighted by Crippen LogP contribution is 2.26. The Kier molecular flexibility index (Phi) is 7.02. The van der Waals surface area contributed by atoms with Gasteiger partial charge in [0, 0.05) is 24.0 Å². The molecule has 1 atom stereocenters. The molecule has 0 spiro atoms. The van der Waals surface area contributed by atoms with Gasteiger partial charge in [0.25, 0.3) is 0 Å². The summed E-state index contributed by atoms with van der Waals surface area (Å²) in [5, 5.41) is 11.0. The number of amides is 2. The predicted octanol–water partition coefficient (Wildman–Crippen LogP) is 3.64. The number of ether oxygens (including phenoxy) is 2. The number of rotatable bonds is 6. The molecule has 41 heavy (non-hydrogen) atoms. The Morgan fingerprint density at radius 1 is 1.10 bits per heavy atom. The standard InChI is InChI=1S/C29H26FN7O4/c1-40-21-10-7-19(8-11-21)25-34-26-22-15-20(30)9-12-23(22)32-28(37(26)35-25)33-24-16-36(14-13-31-27(24)38)29(39)41-17-18-5-3-2-4-6-18/h2-12,15,24H,13-14,16-17H2,1H3,(H,31,38)(H,32,33)/t24-/m1/s1. The summed E-state index contributed by atoms with van der Waals surface area (Å²) in [6, 6.07) is 19.9. The van der Waals surface area contributed by atoms with Gasteiger partial charge in [0.15, 0.2) is 11.5 Å². The van der Waals surface area contributed by atoms with Gasteiger partial charge in [-0.1, -0.05) is 30.3 Å². The molecule has 0 bridgehead atoms. The quantitative estimate of drug-likeness (QED) is 0.326. The molecule has 2 N–H and O–H groups in total. The third kappa shape index (κ3) is 5.44. The van der Waals surface area contributed by atoms with Crippen molar-refractivity contribution in [1.29, 1.82) is 0 Å². The van der Waals surface area contributed by atoms with Gasteiger partial charge in [0.1, 0.15) is 24.2 Å². The molecule has 6 rings (SSSR count). The zero-order chi connectivity index (χ0) is 28.3. The maximum absolute atomic E-state index is 14.2. The van der Waals surface area contributed by atoms with Crippen LogP contribution >= 0.6 is 0 Å². The summed E-state index contributed by atoms with van der Waals surface area (Å²) >= 11 is 0. The minimum absolute atomic E-state index is 0.0319. The van der Waals surface area contributed by atoms with E-state index >= 15 is 0 Å². The van der Waals surface area contributed by atoms with Gasteiger partial charge >= 0.3 is 6.09 Å². The minimum atomic E-state index is -0.871. The van der Waals surface area contributed by atoms with Crippen LogP contribution in [0.3, 0.4) is 0 Å². The molecule has 1 aliphatic rings. The first-order valence-electron chi connectivity index (χ1n) is 13.0. The van der Waals surface area contributed by atoms with E-state index < -0.39 is 18.0 Å². The molecule has 2 aromatic heterocycles. The van der Waals surface area contributed by atoms with Gasteiger partial charge in [0.05, 0.1) is 19.2 Å². The first-order valence-corrected chi connectivity index (χ1v) is 13.0. The summed E-state index contributed by atoms with van der Waals surface area (Å²) in [5.74, 6) is 0.522. The average molecular weight is 556 g/mol. The van der Waals surface area contributed by atoms with Crippen molar-refractivity contribution in [1.82, 2.24) is 29.8 Å². The van der Waals surface area contributed by atoms with E-state index in [1.54, 1.807) is 19.2 Å². The molecule has 0 radical (unpaired) electrons. The number of carbonyl (C=O) groups excluding carboxylic acids is 2. The average Bonchev–Trinajstić information content (AvgIpc) is 3.37. The molecule has 3 aromatic carbocycles. The van der Waals surface area contributed by atoms with E-state index in [0.29, 0.717) is 33.7 Å². The van der Waals surface area contributed by atoms with Crippen molar-refractivity contribution in [3.05, 3.63) is 84.2 Å². The highest BCUT2D eigenvalue weighted by Gasteiger charge is 2.30. The van der Waals surface area contributed by atoms with Crippen molar-refractivity contribution in [2.75, 3.05) is 32.1 Å². The summed E-state index contributed by atoms with van der Waals surface area (Å²) in [6.45, 7) is 0.695. The number of halogens is 1. The van der Waals surface area contributed by atoms with Crippen LogP contribution in [0.15, 0.2) is 72.8 Å². The third-order valence-electron chi connectivity index (χ3n) is 6.75. The highest BCUT2D eigenvalue weighted by atomic mass is 19.1.